The molecular formula is C14H15ClN2O4. The quantitative estimate of drug-likeness (QED) is 0.933. The molecule has 1 aliphatic rings. The molecular weight excluding hydrogens is 296 g/mol. The number of benzene rings is 1. The van der Waals surface area contributed by atoms with Crippen molar-refractivity contribution in [2.45, 2.75) is 25.4 Å². The van der Waals surface area contributed by atoms with Gasteiger partial charge in [-0.05, 0) is 25.0 Å². The van der Waals surface area contributed by atoms with E-state index in [0.29, 0.717) is 22.7 Å². The zero-order chi connectivity index (χ0) is 14.8. The zero-order valence-corrected chi connectivity index (χ0v) is 12.1. The van der Waals surface area contributed by atoms with Crippen molar-refractivity contribution in [3.63, 3.8) is 0 Å². The van der Waals surface area contributed by atoms with Gasteiger partial charge in [0.05, 0.1) is 18.2 Å². The SMILES string of the molecule is O=C(Cn1c(=O)oc2cc(Cl)ccc21)NC1CCCOC1. The van der Waals surface area contributed by atoms with E-state index in [4.69, 9.17) is 20.8 Å². The van der Waals surface area contributed by atoms with Gasteiger partial charge in [-0.1, -0.05) is 11.6 Å². The van der Waals surface area contributed by atoms with Crippen molar-refractivity contribution in [1.82, 2.24) is 9.88 Å². The van der Waals surface area contributed by atoms with Crippen LogP contribution in [0.15, 0.2) is 27.4 Å². The van der Waals surface area contributed by atoms with E-state index in [2.05, 4.69) is 5.32 Å². The smallest absolute Gasteiger partial charge is 0.408 e. The molecule has 1 aliphatic heterocycles. The second-order valence-electron chi connectivity index (χ2n) is 5.05. The summed E-state index contributed by atoms with van der Waals surface area (Å²) in [5.74, 6) is -0.799. The summed E-state index contributed by atoms with van der Waals surface area (Å²) in [4.78, 5) is 23.9. The minimum Gasteiger partial charge on any atom is -0.408 e. The molecule has 2 heterocycles. The molecule has 1 saturated heterocycles. The lowest BCUT2D eigenvalue weighted by Gasteiger charge is -2.23. The van der Waals surface area contributed by atoms with Gasteiger partial charge in [-0.15, -0.1) is 0 Å². The summed E-state index contributed by atoms with van der Waals surface area (Å²) in [5.41, 5.74) is 0.931. The molecule has 112 valence electrons. The molecule has 0 spiro atoms. The fraction of sp³-hybridized carbons (Fsp3) is 0.429. The van der Waals surface area contributed by atoms with E-state index in [-0.39, 0.29) is 18.5 Å². The highest BCUT2D eigenvalue weighted by Crippen LogP contribution is 2.18. The van der Waals surface area contributed by atoms with Crippen LogP contribution in [0.25, 0.3) is 11.1 Å². The van der Waals surface area contributed by atoms with Gasteiger partial charge in [0, 0.05) is 17.7 Å². The van der Waals surface area contributed by atoms with Crippen molar-refractivity contribution in [3.05, 3.63) is 33.8 Å². The molecule has 0 radical (unpaired) electrons. The number of hydrogen-bond acceptors (Lipinski definition) is 4. The third-order valence-corrected chi connectivity index (χ3v) is 3.69. The summed E-state index contributed by atoms with van der Waals surface area (Å²) in [7, 11) is 0. The Balaban J connectivity index is 1.76. The predicted octanol–water partition coefficient (Wildman–Crippen LogP) is 1.54. The van der Waals surface area contributed by atoms with Crippen LogP contribution in [0, 0.1) is 0 Å². The molecule has 1 amide bonds. The number of hydrogen-bond donors (Lipinski definition) is 1. The Kier molecular flexibility index (Phi) is 3.98. The molecule has 1 fully saturated rings. The number of amides is 1. The number of oxazole rings is 1. The number of ether oxygens (including phenoxy) is 1. The molecule has 1 atom stereocenters. The number of nitrogens with zero attached hydrogens (tertiary/aromatic N) is 1. The van der Waals surface area contributed by atoms with Gasteiger partial charge in [0.15, 0.2) is 5.58 Å². The van der Waals surface area contributed by atoms with E-state index < -0.39 is 5.76 Å². The van der Waals surface area contributed by atoms with Crippen molar-refractivity contribution in [3.8, 4) is 0 Å². The van der Waals surface area contributed by atoms with Crippen molar-refractivity contribution >= 4 is 28.6 Å². The third-order valence-electron chi connectivity index (χ3n) is 3.46. The maximum atomic E-state index is 12.0. The summed E-state index contributed by atoms with van der Waals surface area (Å²) in [6, 6.07) is 4.89. The number of carbonyl (C=O) groups is 1. The normalized spacial score (nSPS) is 18.8. The van der Waals surface area contributed by atoms with Crippen molar-refractivity contribution < 1.29 is 13.9 Å². The molecule has 21 heavy (non-hydrogen) atoms. The number of halogens is 1. The molecule has 6 nitrogen and oxygen atoms in total. The van der Waals surface area contributed by atoms with Crippen LogP contribution < -0.4 is 11.1 Å². The third kappa shape index (κ3) is 3.11. The lowest BCUT2D eigenvalue weighted by atomic mass is 10.1. The van der Waals surface area contributed by atoms with Crippen LogP contribution in [0.2, 0.25) is 5.02 Å². The molecule has 2 aromatic rings. The summed E-state index contributed by atoms with van der Waals surface area (Å²) >= 11 is 5.85. The predicted molar refractivity (Wildman–Crippen MR) is 77.5 cm³/mol. The molecule has 0 bridgehead atoms. The first-order valence-electron chi connectivity index (χ1n) is 6.79. The van der Waals surface area contributed by atoms with Gasteiger partial charge < -0.3 is 14.5 Å². The topological polar surface area (TPSA) is 73.5 Å². The zero-order valence-electron chi connectivity index (χ0n) is 11.3. The monoisotopic (exact) mass is 310 g/mol. The molecule has 1 aromatic carbocycles. The number of rotatable bonds is 3. The van der Waals surface area contributed by atoms with Crippen LogP contribution in [-0.2, 0) is 16.1 Å². The Morgan fingerprint density at radius 1 is 1.48 bits per heavy atom. The first-order valence-corrected chi connectivity index (χ1v) is 7.17. The van der Waals surface area contributed by atoms with Gasteiger partial charge in [0.25, 0.3) is 0 Å². The van der Waals surface area contributed by atoms with Crippen molar-refractivity contribution in [2.24, 2.45) is 0 Å². The Bertz CT molecular complexity index is 715. The highest BCUT2D eigenvalue weighted by Gasteiger charge is 2.18. The fourth-order valence-electron chi connectivity index (χ4n) is 2.46. The number of nitrogens with one attached hydrogen (secondary N) is 1. The summed E-state index contributed by atoms with van der Waals surface area (Å²) < 4.78 is 11.7. The lowest BCUT2D eigenvalue weighted by Crippen LogP contribution is -2.42. The minimum absolute atomic E-state index is 0.00885. The average Bonchev–Trinajstić information content (AvgIpc) is 2.75. The largest absolute Gasteiger partial charge is 0.420 e. The van der Waals surface area contributed by atoms with Crippen LogP contribution in [-0.4, -0.2) is 29.7 Å². The maximum absolute atomic E-state index is 12.0. The van der Waals surface area contributed by atoms with E-state index in [1.54, 1.807) is 18.2 Å². The number of carbonyl (C=O) groups excluding carboxylic acids is 1. The summed E-state index contributed by atoms with van der Waals surface area (Å²) in [6.45, 7) is 1.17. The van der Waals surface area contributed by atoms with Gasteiger partial charge in [0.1, 0.15) is 6.54 Å². The fourth-order valence-corrected chi connectivity index (χ4v) is 2.62. The highest BCUT2D eigenvalue weighted by atomic mass is 35.5. The second kappa shape index (κ2) is 5.91. The first kappa shape index (κ1) is 14.2. The first-order chi connectivity index (χ1) is 10.1. The van der Waals surface area contributed by atoms with Gasteiger partial charge >= 0.3 is 5.76 Å². The maximum Gasteiger partial charge on any atom is 0.420 e. The standard InChI is InChI=1S/C14H15ClN2O4/c15-9-3-4-11-12(6-9)21-14(19)17(11)7-13(18)16-10-2-1-5-20-8-10/h3-4,6,10H,1-2,5,7-8H2,(H,16,18). The minimum atomic E-state index is -0.567. The summed E-state index contributed by atoms with van der Waals surface area (Å²) in [5, 5.41) is 3.35. The molecule has 1 N–H and O–H groups in total. The lowest BCUT2D eigenvalue weighted by molar-refractivity contribution is -0.123. The molecule has 1 aromatic heterocycles. The van der Waals surface area contributed by atoms with Crippen LogP contribution >= 0.6 is 11.6 Å². The van der Waals surface area contributed by atoms with Crippen molar-refractivity contribution in [1.29, 1.82) is 0 Å². The van der Waals surface area contributed by atoms with Gasteiger partial charge in [-0.2, -0.15) is 0 Å². The molecule has 3 rings (SSSR count). The van der Waals surface area contributed by atoms with Gasteiger partial charge in [-0.3, -0.25) is 9.36 Å². The van der Waals surface area contributed by atoms with Crippen LogP contribution in [0.3, 0.4) is 0 Å². The Labute approximate surface area is 125 Å². The van der Waals surface area contributed by atoms with E-state index >= 15 is 0 Å². The molecule has 0 saturated carbocycles. The Morgan fingerprint density at radius 3 is 3.10 bits per heavy atom. The molecule has 7 heteroatoms. The van der Waals surface area contributed by atoms with Crippen LogP contribution in [0.1, 0.15) is 12.8 Å². The second-order valence-corrected chi connectivity index (χ2v) is 5.48. The van der Waals surface area contributed by atoms with Crippen LogP contribution in [0.4, 0.5) is 0 Å². The summed E-state index contributed by atoms with van der Waals surface area (Å²) in [6.07, 6.45) is 1.82. The van der Waals surface area contributed by atoms with E-state index in [1.165, 1.54) is 4.57 Å². The van der Waals surface area contributed by atoms with Gasteiger partial charge in [-0.25, -0.2) is 4.79 Å². The number of aromatic nitrogens is 1. The van der Waals surface area contributed by atoms with E-state index in [1.807, 2.05) is 0 Å². The van der Waals surface area contributed by atoms with E-state index in [0.717, 1.165) is 19.4 Å². The van der Waals surface area contributed by atoms with Gasteiger partial charge in [0.2, 0.25) is 5.91 Å². The Hall–Kier alpha value is -1.79. The number of fused-ring (bicyclic) bond motifs is 1. The average molecular weight is 311 g/mol. The Morgan fingerprint density at radius 2 is 2.33 bits per heavy atom. The molecule has 1 unspecified atom stereocenters. The van der Waals surface area contributed by atoms with Crippen LogP contribution in [0.5, 0.6) is 0 Å². The van der Waals surface area contributed by atoms with Crippen molar-refractivity contribution in [2.75, 3.05) is 13.2 Å². The molecule has 0 aliphatic carbocycles. The van der Waals surface area contributed by atoms with E-state index in [9.17, 15) is 9.59 Å². The highest BCUT2D eigenvalue weighted by molar-refractivity contribution is 6.31.